The predicted molar refractivity (Wildman–Crippen MR) is 102 cm³/mol. The zero-order valence-corrected chi connectivity index (χ0v) is 15.0. The van der Waals surface area contributed by atoms with Gasteiger partial charge in [0.15, 0.2) is 0 Å². The van der Waals surface area contributed by atoms with Crippen LogP contribution in [0.4, 0.5) is 5.69 Å². The first-order chi connectivity index (χ1) is 12.1. The number of aryl methyl sites for hydroxylation is 2. The van der Waals surface area contributed by atoms with Gasteiger partial charge in [-0.25, -0.2) is 0 Å². The van der Waals surface area contributed by atoms with Crippen molar-refractivity contribution in [3.05, 3.63) is 65.7 Å². The van der Waals surface area contributed by atoms with Gasteiger partial charge in [-0.2, -0.15) is 0 Å². The molecule has 25 heavy (non-hydrogen) atoms. The molecule has 0 aliphatic rings. The third-order valence-corrected chi connectivity index (χ3v) is 4.18. The Labute approximate surface area is 149 Å². The van der Waals surface area contributed by atoms with Crippen LogP contribution in [-0.4, -0.2) is 24.9 Å². The summed E-state index contributed by atoms with van der Waals surface area (Å²) in [6.45, 7) is 4.56. The molecule has 2 aromatic rings. The summed E-state index contributed by atoms with van der Waals surface area (Å²) in [5.74, 6) is -0.00411. The lowest BCUT2D eigenvalue weighted by Gasteiger charge is -2.24. The van der Waals surface area contributed by atoms with E-state index in [4.69, 9.17) is 0 Å². The first-order valence-corrected chi connectivity index (χ1v) is 8.78. The molecule has 0 fully saturated rings. The lowest BCUT2D eigenvalue weighted by atomic mass is 10.1. The van der Waals surface area contributed by atoms with Crippen molar-refractivity contribution in [2.45, 2.75) is 33.1 Å². The number of nitrogens with one attached hydrogen (secondary N) is 1. The van der Waals surface area contributed by atoms with Crippen LogP contribution in [0, 0.1) is 0 Å². The van der Waals surface area contributed by atoms with Crippen molar-refractivity contribution >= 4 is 17.5 Å². The van der Waals surface area contributed by atoms with E-state index >= 15 is 0 Å². The molecular weight excluding hydrogens is 312 g/mol. The van der Waals surface area contributed by atoms with E-state index in [-0.39, 0.29) is 11.8 Å². The molecule has 0 aromatic heterocycles. The van der Waals surface area contributed by atoms with Gasteiger partial charge in [0, 0.05) is 32.1 Å². The lowest BCUT2D eigenvalue weighted by Crippen LogP contribution is -2.38. The molecule has 2 amide bonds. The molecule has 2 aromatic carbocycles. The second-order valence-electron chi connectivity index (χ2n) is 5.99. The van der Waals surface area contributed by atoms with Crippen LogP contribution in [0.25, 0.3) is 0 Å². The smallest absolute Gasteiger partial charge is 0.223 e. The van der Waals surface area contributed by atoms with Crippen LogP contribution in [0.2, 0.25) is 0 Å². The van der Waals surface area contributed by atoms with Gasteiger partial charge in [0.1, 0.15) is 0 Å². The standard InChI is InChI=1S/C21H26N2O2/c1-3-19-11-7-8-12-20(19)23(17(2)24)16-15-22-21(25)14-13-18-9-5-4-6-10-18/h4-12H,3,13-16H2,1-2H3,(H,22,25). The fraction of sp³-hybridized carbons (Fsp3) is 0.333. The molecule has 0 saturated carbocycles. The second-order valence-corrected chi connectivity index (χ2v) is 5.99. The molecule has 2 rings (SSSR count). The fourth-order valence-electron chi connectivity index (χ4n) is 2.82. The van der Waals surface area contributed by atoms with Crippen LogP contribution >= 0.6 is 0 Å². The average Bonchev–Trinajstić information content (AvgIpc) is 2.64. The second kappa shape index (κ2) is 9.62. The highest BCUT2D eigenvalue weighted by molar-refractivity contribution is 5.92. The van der Waals surface area contributed by atoms with Crippen molar-refractivity contribution < 1.29 is 9.59 Å². The van der Waals surface area contributed by atoms with Gasteiger partial charge in [0.05, 0.1) is 0 Å². The molecule has 1 N–H and O–H groups in total. The maximum Gasteiger partial charge on any atom is 0.223 e. The average molecular weight is 338 g/mol. The van der Waals surface area contributed by atoms with Crippen LogP contribution in [0.1, 0.15) is 31.4 Å². The summed E-state index contributed by atoms with van der Waals surface area (Å²) in [5, 5.41) is 2.91. The predicted octanol–water partition coefficient (Wildman–Crippen LogP) is 3.35. The number of hydrogen-bond acceptors (Lipinski definition) is 2. The monoisotopic (exact) mass is 338 g/mol. The first-order valence-electron chi connectivity index (χ1n) is 8.78. The van der Waals surface area contributed by atoms with Gasteiger partial charge in [0.2, 0.25) is 11.8 Å². The Hall–Kier alpha value is -2.62. The number of para-hydroxylation sites is 1. The quantitative estimate of drug-likeness (QED) is 0.802. The SMILES string of the molecule is CCc1ccccc1N(CCNC(=O)CCc1ccccc1)C(C)=O. The molecule has 4 nitrogen and oxygen atoms in total. The van der Waals surface area contributed by atoms with Crippen molar-refractivity contribution in [3.8, 4) is 0 Å². The van der Waals surface area contributed by atoms with E-state index in [2.05, 4.69) is 12.2 Å². The fourth-order valence-corrected chi connectivity index (χ4v) is 2.82. The number of rotatable bonds is 8. The van der Waals surface area contributed by atoms with E-state index in [1.165, 1.54) is 0 Å². The van der Waals surface area contributed by atoms with Gasteiger partial charge in [-0.1, -0.05) is 55.5 Å². The third-order valence-electron chi connectivity index (χ3n) is 4.18. The third kappa shape index (κ3) is 5.75. The molecule has 132 valence electrons. The van der Waals surface area contributed by atoms with Gasteiger partial charge in [-0.15, -0.1) is 0 Å². The maximum absolute atomic E-state index is 12.0. The normalized spacial score (nSPS) is 10.3. The molecule has 0 aliphatic heterocycles. The molecule has 0 spiro atoms. The van der Waals surface area contributed by atoms with Crippen LogP contribution in [0.15, 0.2) is 54.6 Å². The van der Waals surface area contributed by atoms with Gasteiger partial charge >= 0.3 is 0 Å². The highest BCUT2D eigenvalue weighted by Gasteiger charge is 2.14. The molecule has 0 aliphatic carbocycles. The number of carbonyl (C=O) groups is 2. The topological polar surface area (TPSA) is 49.4 Å². The van der Waals surface area contributed by atoms with Crippen LogP contribution in [0.5, 0.6) is 0 Å². The molecule has 0 atom stereocenters. The number of benzene rings is 2. The van der Waals surface area contributed by atoms with Gasteiger partial charge < -0.3 is 10.2 Å². The summed E-state index contributed by atoms with van der Waals surface area (Å²) in [5.41, 5.74) is 3.21. The van der Waals surface area contributed by atoms with Gasteiger partial charge in [0.25, 0.3) is 0 Å². The summed E-state index contributed by atoms with van der Waals surface area (Å²) >= 11 is 0. The highest BCUT2D eigenvalue weighted by atomic mass is 16.2. The van der Waals surface area contributed by atoms with E-state index in [1.54, 1.807) is 11.8 Å². The van der Waals surface area contributed by atoms with Crippen molar-refractivity contribution in [1.29, 1.82) is 0 Å². The van der Waals surface area contributed by atoms with E-state index in [9.17, 15) is 9.59 Å². The van der Waals surface area contributed by atoms with Gasteiger partial charge in [-0.05, 0) is 30.0 Å². The Morgan fingerprint density at radius 1 is 1.00 bits per heavy atom. The lowest BCUT2D eigenvalue weighted by molar-refractivity contribution is -0.121. The largest absolute Gasteiger partial charge is 0.354 e. The summed E-state index contributed by atoms with van der Waals surface area (Å²) in [4.78, 5) is 25.8. The summed E-state index contributed by atoms with van der Waals surface area (Å²) < 4.78 is 0. The number of hydrogen-bond donors (Lipinski definition) is 1. The van der Waals surface area contributed by atoms with Crippen molar-refractivity contribution in [1.82, 2.24) is 5.32 Å². The minimum Gasteiger partial charge on any atom is -0.354 e. The number of anilines is 1. The van der Waals surface area contributed by atoms with E-state index in [0.717, 1.165) is 29.7 Å². The number of nitrogens with zero attached hydrogens (tertiary/aromatic N) is 1. The number of amides is 2. The Morgan fingerprint density at radius 2 is 1.68 bits per heavy atom. The first kappa shape index (κ1) is 18.7. The summed E-state index contributed by atoms with van der Waals surface area (Å²) in [6.07, 6.45) is 2.04. The Kier molecular flexibility index (Phi) is 7.20. The highest BCUT2D eigenvalue weighted by Crippen LogP contribution is 2.20. The van der Waals surface area contributed by atoms with Crippen molar-refractivity contribution in [2.24, 2.45) is 0 Å². The summed E-state index contributed by atoms with van der Waals surface area (Å²) in [7, 11) is 0. The molecular formula is C21H26N2O2. The molecule has 0 unspecified atom stereocenters. The zero-order chi connectivity index (χ0) is 18.1. The minimum absolute atomic E-state index is 0.0103. The number of carbonyl (C=O) groups excluding carboxylic acids is 2. The zero-order valence-electron chi connectivity index (χ0n) is 15.0. The molecule has 0 radical (unpaired) electrons. The van der Waals surface area contributed by atoms with Crippen molar-refractivity contribution in [3.63, 3.8) is 0 Å². The van der Waals surface area contributed by atoms with E-state index in [0.29, 0.717) is 19.5 Å². The molecule has 0 heterocycles. The van der Waals surface area contributed by atoms with Crippen LogP contribution < -0.4 is 10.2 Å². The molecule has 0 bridgehead atoms. The van der Waals surface area contributed by atoms with Gasteiger partial charge in [-0.3, -0.25) is 9.59 Å². The maximum atomic E-state index is 12.0. The molecule has 0 saturated heterocycles. The summed E-state index contributed by atoms with van der Waals surface area (Å²) in [6, 6.07) is 17.9. The van der Waals surface area contributed by atoms with Crippen LogP contribution in [0.3, 0.4) is 0 Å². The van der Waals surface area contributed by atoms with E-state index < -0.39 is 0 Å². The Balaban J connectivity index is 1.85. The van der Waals surface area contributed by atoms with Crippen LogP contribution in [-0.2, 0) is 22.4 Å². The Morgan fingerprint density at radius 3 is 2.36 bits per heavy atom. The van der Waals surface area contributed by atoms with Crippen molar-refractivity contribution in [2.75, 3.05) is 18.0 Å². The van der Waals surface area contributed by atoms with E-state index in [1.807, 2.05) is 54.6 Å². The Bertz CT molecular complexity index is 698. The minimum atomic E-state index is -0.0144. The molecule has 4 heteroatoms.